The number of fused-ring (bicyclic) bond motifs is 9. The molecule has 4 aromatic heterocycles. The van der Waals surface area contributed by atoms with Gasteiger partial charge in [-0.1, -0.05) is 115 Å². The Kier molecular flexibility index (Phi) is 6.05. The van der Waals surface area contributed by atoms with Crippen LogP contribution >= 0.6 is 11.3 Å². The molecule has 0 N–H and O–H groups in total. The van der Waals surface area contributed by atoms with Crippen LogP contribution in [0.3, 0.4) is 0 Å². The third kappa shape index (κ3) is 4.24. The number of hydrogen-bond donors (Lipinski definition) is 0. The average Bonchev–Trinajstić information content (AvgIpc) is 3.88. The lowest BCUT2D eigenvalue weighted by molar-refractivity contribution is 0.669. The van der Waals surface area contributed by atoms with Gasteiger partial charge in [0.25, 0.3) is 0 Å². The maximum atomic E-state index is 6.80. The first-order valence-electron chi connectivity index (χ1n) is 17.0. The van der Waals surface area contributed by atoms with Crippen LogP contribution in [0.5, 0.6) is 0 Å². The monoisotopic (exact) mass is 670 g/mol. The molecule has 0 aliphatic heterocycles. The normalized spacial score (nSPS) is 11.9. The molecule has 6 heteroatoms. The van der Waals surface area contributed by atoms with Gasteiger partial charge in [-0.25, -0.2) is 15.0 Å². The van der Waals surface area contributed by atoms with Crippen molar-refractivity contribution >= 4 is 75.3 Å². The van der Waals surface area contributed by atoms with E-state index in [4.69, 9.17) is 19.4 Å². The maximum absolute atomic E-state index is 6.80. The van der Waals surface area contributed by atoms with Crippen LogP contribution in [0.15, 0.2) is 162 Å². The molecule has 0 atom stereocenters. The van der Waals surface area contributed by atoms with Crippen LogP contribution in [0.4, 0.5) is 0 Å². The summed E-state index contributed by atoms with van der Waals surface area (Å²) in [6.07, 6.45) is 0. The van der Waals surface area contributed by atoms with E-state index in [9.17, 15) is 0 Å². The van der Waals surface area contributed by atoms with Crippen molar-refractivity contribution in [2.45, 2.75) is 0 Å². The Balaban J connectivity index is 1.19. The van der Waals surface area contributed by atoms with Gasteiger partial charge in [0.15, 0.2) is 17.5 Å². The molecular weight excluding hydrogens is 645 g/mol. The predicted molar refractivity (Wildman–Crippen MR) is 211 cm³/mol. The summed E-state index contributed by atoms with van der Waals surface area (Å²) in [6, 6.07) is 54.8. The van der Waals surface area contributed by atoms with Crippen LogP contribution in [0.2, 0.25) is 0 Å². The number of aromatic nitrogens is 4. The summed E-state index contributed by atoms with van der Waals surface area (Å²) in [5, 5.41) is 6.86. The Morgan fingerprint density at radius 3 is 1.82 bits per heavy atom. The third-order valence-electron chi connectivity index (χ3n) is 9.87. The maximum Gasteiger partial charge on any atom is 0.167 e. The molecule has 0 amide bonds. The standard InChI is InChI=1S/C45H26N4OS/c1-2-13-27(14-3-1)43-46-44(32-19-11-26-39-40(32)30-17-6-9-25-38(30)51-39)48-45(47-43)33-20-10-18-31-41-36(23-12-24-37(41)50-42(31)33)49-34-21-7-4-15-28(34)29-16-5-8-22-35(29)49/h1-26H. The van der Waals surface area contributed by atoms with Gasteiger partial charge < -0.3 is 8.98 Å². The largest absolute Gasteiger partial charge is 0.455 e. The predicted octanol–water partition coefficient (Wildman–Crippen LogP) is 12.2. The molecule has 0 bridgehead atoms. The van der Waals surface area contributed by atoms with E-state index in [0.717, 1.165) is 60.7 Å². The number of para-hydroxylation sites is 3. The average molecular weight is 671 g/mol. The topological polar surface area (TPSA) is 56.7 Å². The zero-order valence-corrected chi connectivity index (χ0v) is 27.9. The minimum atomic E-state index is 0.568. The number of furan rings is 1. The molecule has 4 heterocycles. The second-order valence-corrected chi connectivity index (χ2v) is 13.8. The second kappa shape index (κ2) is 10.9. The highest BCUT2D eigenvalue weighted by atomic mass is 32.1. The lowest BCUT2D eigenvalue weighted by Crippen LogP contribution is -2.00. The lowest BCUT2D eigenvalue weighted by atomic mass is 10.0. The summed E-state index contributed by atoms with van der Waals surface area (Å²) < 4.78 is 11.6. The molecule has 238 valence electrons. The highest BCUT2D eigenvalue weighted by Gasteiger charge is 2.22. The third-order valence-corrected chi connectivity index (χ3v) is 11.0. The Labute approximate surface area is 295 Å². The van der Waals surface area contributed by atoms with Gasteiger partial charge in [0.2, 0.25) is 0 Å². The molecule has 0 radical (unpaired) electrons. The van der Waals surface area contributed by atoms with E-state index in [1.807, 2.05) is 36.4 Å². The summed E-state index contributed by atoms with van der Waals surface area (Å²) >= 11 is 1.79. The molecule has 5 nitrogen and oxygen atoms in total. The van der Waals surface area contributed by atoms with Crippen molar-refractivity contribution in [2.24, 2.45) is 0 Å². The van der Waals surface area contributed by atoms with Gasteiger partial charge in [0, 0.05) is 47.5 Å². The molecule has 0 fully saturated rings. The fraction of sp³-hybridized carbons (Fsp3) is 0. The first-order valence-corrected chi connectivity index (χ1v) is 17.8. The zero-order chi connectivity index (χ0) is 33.5. The Morgan fingerprint density at radius 2 is 1.02 bits per heavy atom. The van der Waals surface area contributed by atoms with E-state index >= 15 is 0 Å². The van der Waals surface area contributed by atoms with Gasteiger partial charge in [-0.15, -0.1) is 11.3 Å². The second-order valence-electron chi connectivity index (χ2n) is 12.8. The van der Waals surface area contributed by atoms with Crippen LogP contribution < -0.4 is 0 Å². The summed E-state index contributed by atoms with van der Waals surface area (Å²) in [5.74, 6) is 1.82. The van der Waals surface area contributed by atoms with Gasteiger partial charge in [-0.3, -0.25) is 0 Å². The number of rotatable bonds is 4. The van der Waals surface area contributed by atoms with Crippen LogP contribution in [-0.4, -0.2) is 19.5 Å². The molecule has 11 rings (SSSR count). The molecule has 11 aromatic rings. The fourth-order valence-electron chi connectivity index (χ4n) is 7.67. The zero-order valence-electron chi connectivity index (χ0n) is 27.1. The number of hydrogen-bond acceptors (Lipinski definition) is 5. The smallest absolute Gasteiger partial charge is 0.167 e. The summed E-state index contributed by atoms with van der Waals surface area (Å²) in [5.41, 5.74) is 7.66. The number of nitrogens with zero attached hydrogens (tertiary/aromatic N) is 4. The Hall–Kier alpha value is -6.63. The van der Waals surface area contributed by atoms with E-state index < -0.39 is 0 Å². The highest BCUT2D eigenvalue weighted by molar-refractivity contribution is 7.25. The van der Waals surface area contributed by atoms with Crippen LogP contribution in [-0.2, 0) is 0 Å². The van der Waals surface area contributed by atoms with E-state index in [-0.39, 0.29) is 0 Å². The van der Waals surface area contributed by atoms with Crippen molar-refractivity contribution in [2.75, 3.05) is 0 Å². The molecule has 0 saturated heterocycles. The van der Waals surface area contributed by atoms with Crippen molar-refractivity contribution in [3.8, 4) is 39.9 Å². The molecule has 0 saturated carbocycles. The quantitative estimate of drug-likeness (QED) is 0.187. The van der Waals surface area contributed by atoms with Crippen molar-refractivity contribution in [1.82, 2.24) is 19.5 Å². The minimum Gasteiger partial charge on any atom is -0.455 e. The van der Waals surface area contributed by atoms with Crippen molar-refractivity contribution in [3.05, 3.63) is 158 Å². The van der Waals surface area contributed by atoms with Gasteiger partial charge in [-0.05, 0) is 42.5 Å². The van der Waals surface area contributed by atoms with Gasteiger partial charge in [0.1, 0.15) is 11.2 Å². The first kappa shape index (κ1) is 28.2. The highest BCUT2D eigenvalue weighted by Crippen LogP contribution is 2.43. The number of benzene rings is 7. The van der Waals surface area contributed by atoms with E-state index in [0.29, 0.717) is 17.5 Å². The molecule has 0 spiro atoms. The van der Waals surface area contributed by atoms with Crippen LogP contribution in [0.25, 0.3) is 104 Å². The van der Waals surface area contributed by atoms with Gasteiger partial charge in [-0.2, -0.15) is 0 Å². The first-order chi connectivity index (χ1) is 25.3. The number of thiophene rings is 1. The van der Waals surface area contributed by atoms with Gasteiger partial charge in [0.05, 0.1) is 27.7 Å². The van der Waals surface area contributed by atoms with E-state index in [2.05, 4.69) is 126 Å². The Morgan fingerprint density at radius 1 is 0.431 bits per heavy atom. The lowest BCUT2D eigenvalue weighted by Gasteiger charge is -2.10. The van der Waals surface area contributed by atoms with E-state index in [1.54, 1.807) is 11.3 Å². The SMILES string of the molecule is c1ccc(-c2nc(-c3cccc4c3oc3cccc(-n5c6ccccc6c6ccccc65)c34)nc(-c3cccc4sc5ccccc5c34)n2)cc1. The van der Waals surface area contributed by atoms with Crippen LogP contribution in [0, 0.1) is 0 Å². The fourth-order valence-corrected chi connectivity index (χ4v) is 8.80. The minimum absolute atomic E-state index is 0.568. The van der Waals surface area contributed by atoms with E-state index in [1.165, 1.54) is 25.6 Å². The van der Waals surface area contributed by atoms with Crippen molar-refractivity contribution in [3.63, 3.8) is 0 Å². The molecule has 51 heavy (non-hydrogen) atoms. The van der Waals surface area contributed by atoms with Crippen LogP contribution in [0.1, 0.15) is 0 Å². The molecule has 0 aliphatic rings. The molecule has 0 unspecified atom stereocenters. The molecular formula is C45H26N4OS. The summed E-state index contributed by atoms with van der Waals surface area (Å²) in [7, 11) is 0. The summed E-state index contributed by atoms with van der Waals surface area (Å²) in [4.78, 5) is 15.5. The molecule has 0 aliphatic carbocycles. The summed E-state index contributed by atoms with van der Waals surface area (Å²) in [6.45, 7) is 0. The van der Waals surface area contributed by atoms with Gasteiger partial charge >= 0.3 is 0 Å². The van der Waals surface area contributed by atoms with Crippen molar-refractivity contribution in [1.29, 1.82) is 0 Å². The Bertz CT molecular complexity index is 3100. The molecule has 7 aromatic carbocycles. The van der Waals surface area contributed by atoms with Crippen molar-refractivity contribution < 1.29 is 4.42 Å².